The predicted octanol–water partition coefficient (Wildman–Crippen LogP) is 2.05. The number of ketones is 1. The van der Waals surface area contributed by atoms with Gasteiger partial charge in [0.15, 0.2) is 5.78 Å². The standard InChI is InChI=1S/C34H36N4O5.Pt/c1-7-18-14(3)21-11-23-16(5)20(9-10-27(39)40)31(37-23)29-30(34(42)43)33(41)28-17(6)24(38-32(28)29)13-26-19(8-2)15(4)22(36-26)12-25(18)35-21;/h7,11-13,16,20,22-23,26,30-31H,1,8-10H2,2-6H3,(H,39,40)(H,42,43);/q-4;+4/b21-11-,24-13-,25-12-;. The minimum Gasteiger partial charge on any atom is -0.658 e. The van der Waals surface area contributed by atoms with E-state index >= 15 is 0 Å². The van der Waals surface area contributed by atoms with Gasteiger partial charge in [-0.1, -0.05) is 78.3 Å². The number of nitrogens with zero attached hydrogens (tertiary/aromatic N) is 4. The maximum atomic E-state index is 13.8. The van der Waals surface area contributed by atoms with E-state index in [4.69, 9.17) is 20.6 Å². The van der Waals surface area contributed by atoms with Crippen molar-refractivity contribution in [3.63, 3.8) is 0 Å². The first-order valence-electron chi connectivity index (χ1n) is 14.9. The summed E-state index contributed by atoms with van der Waals surface area (Å²) in [7, 11) is 0. The molecule has 5 heterocycles. The third-order valence-electron chi connectivity index (χ3n) is 10.0. The largest absolute Gasteiger partial charge is 4.00 e. The molecular weight excluding hydrogens is 739 g/mol. The van der Waals surface area contributed by atoms with E-state index in [1.165, 1.54) is 5.57 Å². The third kappa shape index (κ3) is 4.93. The number of fused-ring (bicyclic) bond motifs is 8. The van der Waals surface area contributed by atoms with Gasteiger partial charge in [0.05, 0.1) is 0 Å². The maximum absolute atomic E-state index is 13.8. The van der Waals surface area contributed by atoms with Crippen molar-refractivity contribution in [3.05, 3.63) is 72.0 Å². The van der Waals surface area contributed by atoms with Crippen molar-refractivity contribution in [3.8, 4) is 0 Å². The molecule has 10 heteroatoms. The zero-order valence-corrected chi connectivity index (χ0v) is 27.7. The summed E-state index contributed by atoms with van der Waals surface area (Å²) in [5.41, 5.74) is 5.57. The van der Waals surface area contributed by atoms with Crippen LogP contribution in [-0.4, -0.2) is 52.1 Å². The van der Waals surface area contributed by atoms with Gasteiger partial charge in [-0.05, 0) is 39.2 Å². The summed E-state index contributed by atoms with van der Waals surface area (Å²) >= 11 is 0. The van der Waals surface area contributed by atoms with Gasteiger partial charge < -0.3 is 30.8 Å². The van der Waals surface area contributed by atoms with Crippen molar-refractivity contribution in [2.75, 3.05) is 0 Å². The normalized spacial score (nSPS) is 31.0. The fourth-order valence-electron chi connectivity index (χ4n) is 7.62. The van der Waals surface area contributed by atoms with Crippen LogP contribution in [0.15, 0.2) is 17.7 Å². The summed E-state index contributed by atoms with van der Waals surface area (Å²) in [6.45, 7) is 14.1. The zero-order valence-electron chi connectivity index (χ0n) is 25.4. The molecule has 0 amide bonds. The molecule has 2 aromatic rings. The van der Waals surface area contributed by atoms with Gasteiger partial charge in [-0.3, -0.25) is 14.4 Å². The van der Waals surface area contributed by atoms with Crippen molar-refractivity contribution >= 4 is 47.6 Å². The summed E-state index contributed by atoms with van der Waals surface area (Å²) in [6, 6.07) is -1.48. The molecule has 1 saturated heterocycles. The first kappa shape index (κ1) is 32.1. The van der Waals surface area contributed by atoms with Gasteiger partial charge in [0.2, 0.25) is 0 Å². The van der Waals surface area contributed by atoms with Gasteiger partial charge in [-0.25, -0.2) is 0 Å². The van der Waals surface area contributed by atoms with Crippen LogP contribution in [0.1, 0.15) is 67.1 Å². The maximum Gasteiger partial charge on any atom is 4.00 e. The van der Waals surface area contributed by atoms with E-state index in [0.29, 0.717) is 33.8 Å². The summed E-state index contributed by atoms with van der Waals surface area (Å²) in [5, 5.41) is 32.7. The second-order valence-electron chi connectivity index (χ2n) is 12.2. The van der Waals surface area contributed by atoms with E-state index in [1.807, 2.05) is 39.0 Å². The Bertz CT molecular complexity index is 1860. The van der Waals surface area contributed by atoms with Gasteiger partial charge in [-0.2, -0.15) is 0 Å². The summed E-state index contributed by atoms with van der Waals surface area (Å²) < 4.78 is 0. The van der Waals surface area contributed by atoms with Gasteiger partial charge >= 0.3 is 33.0 Å². The molecule has 44 heavy (non-hydrogen) atoms. The topological polar surface area (TPSA) is 148 Å². The molecular formula is C34H36N4O5Pt. The molecule has 0 radical (unpaired) electrons. The van der Waals surface area contributed by atoms with Crippen molar-refractivity contribution in [2.24, 2.45) is 17.8 Å². The van der Waals surface area contributed by atoms with Gasteiger partial charge in [0, 0.05) is 12.0 Å². The summed E-state index contributed by atoms with van der Waals surface area (Å²) in [4.78, 5) is 48.0. The van der Waals surface area contributed by atoms with Crippen LogP contribution in [0.3, 0.4) is 0 Å². The number of carbonyl (C=O) groups excluding carboxylic acids is 1. The Hall–Kier alpha value is -3.26. The first-order chi connectivity index (χ1) is 20.5. The number of hydrogen-bond acceptors (Lipinski definition) is 3. The molecule has 2 aromatic heterocycles. The number of carboxylic acids is 2. The minimum atomic E-state index is -1.41. The Labute approximate surface area is 270 Å². The molecule has 0 spiro atoms. The van der Waals surface area contributed by atoms with Crippen LogP contribution in [0.2, 0.25) is 0 Å². The van der Waals surface area contributed by atoms with E-state index in [0.717, 1.165) is 33.8 Å². The Morgan fingerprint density at radius 1 is 0.977 bits per heavy atom. The van der Waals surface area contributed by atoms with Crippen molar-refractivity contribution in [1.29, 1.82) is 0 Å². The average molecular weight is 776 g/mol. The summed E-state index contributed by atoms with van der Waals surface area (Å²) in [6.07, 6.45) is 8.87. The molecule has 0 saturated carbocycles. The van der Waals surface area contributed by atoms with Gasteiger partial charge in [0.1, 0.15) is 5.92 Å². The second-order valence-corrected chi connectivity index (χ2v) is 12.2. The van der Waals surface area contributed by atoms with Gasteiger partial charge in [-0.15, -0.1) is 51.7 Å². The van der Waals surface area contributed by atoms with Crippen molar-refractivity contribution in [2.45, 2.75) is 78.0 Å². The van der Waals surface area contributed by atoms with E-state index in [-0.39, 0.29) is 57.4 Å². The van der Waals surface area contributed by atoms with Crippen molar-refractivity contribution < 1.29 is 45.7 Å². The quantitative estimate of drug-likeness (QED) is 0.338. The number of aliphatic carboxylic acids is 2. The Morgan fingerprint density at radius 3 is 2.30 bits per heavy atom. The number of hydrogen-bond donors (Lipinski definition) is 2. The molecule has 4 aliphatic rings. The molecule has 1 aliphatic carbocycles. The molecule has 2 N–H and O–H groups in total. The fourth-order valence-corrected chi connectivity index (χ4v) is 7.62. The van der Waals surface area contributed by atoms with Crippen LogP contribution < -0.4 is 31.4 Å². The van der Waals surface area contributed by atoms with Crippen LogP contribution >= 0.6 is 0 Å². The number of carboxylic acid groups (broad SMARTS) is 2. The third-order valence-corrected chi connectivity index (χ3v) is 10.0. The molecule has 1 fully saturated rings. The number of aromatic nitrogens is 2. The van der Waals surface area contributed by atoms with Crippen LogP contribution in [-0.2, 0) is 30.7 Å². The number of Topliss-reactive ketones (excluding diaryl/α,β-unsaturated/α-hetero) is 1. The molecule has 232 valence electrons. The fraction of sp³-hybridized carbons (Fsp3) is 0.441. The smallest absolute Gasteiger partial charge is 0.658 e. The molecule has 9 nitrogen and oxygen atoms in total. The molecule has 6 rings (SSSR count). The van der Waals surface area contributed by atoms with Crippen LogP contribution in [0.25, 0.3) is 40.5 Å². The van der Waals surface area contributed by atoms with Gasteiger partial charge in [0.25, 0.3) is 0 Å². The summed E-state index contributed by atoms with van der Waals surface area (Å²) in [5.74, 6) is -4.48. The predicted molar refractivity (Wildman–Crippen MR) is 164 cm³/mol. The van der Waals surface area contributed by atoms with Crippen LogP contribution in [0, 0.1) is 31.6 Å². The Balaban J connectivity index is 0.00000384. The monoisotopic (exact) mass is 775 g/mol. The molecule has 7 atom stereocenters. The van der Waals surface area contributed by atoms with E-state index < -0.39 is 29.7 Å². The first-order valence-corrected chi connectivity index (χ1v) is 14.9. The molecule has 3 aliphatic heterocycles. The van der Waals surface area contributed by atoms with Crippen molar-refractivity contribution in [1.82, 2.24) is 9.97 Å². The average Bonchev–Trinajstić information content (AvgIpc) is 3.68. The Kier molecular flexibility index (Phi) is 8.71. The molecule has 0 aromatic carbocycles. The molecule has 7 unspecified atom stereocenters. The second kappa shape index (κ2) is 11.9. The van der Waals surface area contributed by atoms with E-state index in [2.05, 4.69) is 26.5 Å². The van der Waals surface area contributed by atoms with E-state index in [1.54, 1.807) is 0 Å². The number of rotatable bonds is 6. The van der Waals surface area contributed by atoms with Crippen LogP contribution in [0.5, 0.6) is 0 Å². The van der Waals surface area contributed by atoms with Crippen LogP contribution in [0.4, 0.5) is 0 Å². The Morgan fingerprint density at radius 2 is 1.66 bits per heavy atom. The number of carbonyl (C=O) groups is 3. The van der Waals surface area contributed by atoms with E-state index in [9.17, 15) is 24.6 Å². The SMILES string of the molecule is C=Cc1c(C)/c2[n-]/c1=C\C1[N-]C(/C=c3\[n-]c4c(c3C)C(=O)C(C(=O)O)C=4C3[N-]C(\C=2)C(C)C3CCC(=O)O)C(CC)=C1C.[Pt+4]. The minimum absolute atomic E-state index is 0. The zero-order chi connectivity index (χ0) is 30.9. The molecule has 8 bridgehead atoms.